The molecule has 4 heterocycles. The fraction of sp³-hybridized carbons (Fsp3) is 0.367. The Morgan fingerprint density at radius 3 is 2.44 bits per heavy atom. The molecule has 2 aromatic carbocycles. The van der Waals surface area contributed by atoms with Gasteiger partial charge in [0.05, 0.1) is 47.6 Å². The van der Waals surface area contributed by atoms with Gasteiger partial charge in [-0.1, -0.05) is 0 Å². The number of aromatic nitrogens is 3. The van der Waals surface area contributed by atoms with Gasteiger partial charge < -0.3 is 19.1 Å². The van der Waals surface area contributed by atoms with Crippen molar-refractivity contribution in [3.63, 3.8) is 0 Å². The normalized spacial score (nSPS) is 18.6. The van der Waals surface area contributed by atoms with E-state index in [1.165, 1.54) is 6.07 Å². The van der Waals surface area contributed by atoms with Gasteiger partial charge in [-0.25, -0.2) is 32.3 Å². The van der Waals surface area contributed by atoms with Crippen molar-refractivity contribution >= 4 is 17.0 Å². The van der Waals surface area contributed by atoms with E-state index in [4.69, 9.17) is 9.47 Å². The average molecular weight is 639 g/mol. The first-order valence-electron chi connectivity index (χ1n) is 14.0. The fourth-order valence-electron chi connectivity index (χ4n) is 5.65. The van der Waals surface area contributed by atoms with Gasteiger partial charge in [-0.2, -0.15) is 13.2 Å². The Hall–Kier alpha value is -4.24. The Labute approximate surface area is 251 Å². The zero-order valence-corrected chi connectivity index (χ0v) is 23.6. The second-order valence-corrected chi connectivity index (χ2v) is 10.9. The number of halogens is 7. The maximum absolute atomic E-state index is 15.4. The van der Waals surface area contributed by atoms with Crippen LogP contribution in [0.3, 0.4) is 0 Å². The third-order valence-electron chi connectivity index (χ3n) is 8.16. The summed E-state index contributed by atoms with van der Waals surface area (Å²) in [5, 5.41) is 9.44. The highest BCUT2D eigenvalue weighted by Gasteiger charge is 2.39. The van der Waals surface area contributed by atoms with Crippen molar-refractivity contribution in [3.05, 3.63) is 87.4 Å². The van der Waals surface area contributed by atoms with E-state index in [1.807, 2.05) is 4.90 Å². The number of imidazole rings is 1. The molecule has 45 heavy (non-hydrogen) atoms. The Morgan fingerprint density at radius 2 is 1.82 bits per heavy atom. The molecule has 2 aromatic heterocycles. The molecular formula is C30H25F7N4O4. The molecule has 0 amide bonds. The predicted octanol–water partition coefficient (Wildman–Crippen LogP) is 6.19. The largest absolute Gasteiger partial charge is 0.478 e. The SMILES string of the molecule is C[C@H]1c2nc(OCc3c(F)cc(F)cc3F)c(C(F)(F)F)cc2CCN1Cc1nc2ccc(C(=O)O)c(F)c2n1C[C@@H]1CCO1. The topological polar surface area (TPSA) is 89.7 Å². The van der Waals surface area contributed by atoms with Crippen molar-refractivity contribution in [1.82, 2.24) is 19.4 Å². The van der Waals surface area contributed by atoms with Crippen LogP contribution in [0.1, 0.15) is 58.0 Å². The fourth-order valence-corrected chi connectivity index (χ4v) is 5.65. The maximum Gasteiger partial charge on any atom is 0.421 e. The number of rotatable bonds is 8. The molecule has 8 nitrogen and oxygen atoms in total. The number of aromatic carboxylic acids is 1. The number of hydrogen-bond acceptors (Lipinski definition) is 6. The minimum absolute atomic E-state index is 0.00866. The quantitative estimate of drug-likeness (QED) is 0.230. The van der Waals surface area contributed by atoms with E-state index < -0.39 is 70.6 Å². The van der Waals surface area contributed by atoms with Gasteiger partial charge in [-0.15, -0.1) is 0 Å². The van der Waals surface area contributed by atoms with Crippen LogP contribution in [0.4, 0.5) is 30.7 Å². The van der Waals surface area contributed by atoms with Crippen molar-refractivity contribution in [2.24, 2.45) is 0 Å². The minimum Gasteiger partial charge on any atom is -0.478 e. The van der Waals surface area contributed by atoms with Gasteiger partial charge in [0.1, 0.15) is 41.0 Å². The van der Waals surface area contributed by atoms with E-state index in [9.17, 15) is 36.2 Å². The number of fused-ring (bicyclic) bond motifs is 2. The van der Waals surface area contributed by atoms with Crippen molar-refractivity contribution in [1.29, 1.82) is 0 Å². The standard InChI is InChI=1S/C30H25F7N4O4/c1-14-26-15(8-20(30(35,36)37)28(39-26)45-13-19-21(32)9-16(31)10-22(19)33)4-6-40(14)12-24-38-23-3-2-18(29(42)43)25(34)27(23)41(24)11-17-5-7-44-17/h2-3,8-10,14,17H,4-7,11-13H2,1H3,(H,42,43)/t14-,17-/m0/s1. The monoisotopic (exact) mass is 638 g/mol. The summed E-state index contributed by atoms with van der Waals surface area (Å²) in [6.07, 6.45) is -4.26. The molecule has 2 aliphatic heterocycles. The van der Waals surface area contributed by atoms with Gasteiger partial charge in [0.15, 0.2) is 5.82 Å². The zero-order valence-electron chi connectivity index (χ0n) is 23.6. The first-order chi connectivity index (χ1) is 21.3. The van der Waals surface area contributed by atoms with Crippen molar-refractivity contribution in [3.8, 4) is 5.88 Å². The van der Waals surface area contributed by atoms with E-state index >= 15 is 4.39 Å². The first-order valence-corrected chi connectivity index (χ1v) is 14.0. The van der Waals surface area contributed by atoms with Gasteiger partial charge in [0, 0.05) is 25.3 Å². The Kier molecular flexibility index (Phi) is 7.93. The molecular weight excluding hydrogens is 613 g/mol. The van der Waals surface area contributed by atoms with Crippen LogP contribution in [0.25, 0.3) is 11.0 Å². The van der Waals surface area contributed by atoms with E-state index in [-0.39, 0.29) is 48.9 Å². The number of nitrogens with zero attached hydrogens (tertiary/aromatic N) is 4. The number of alkyl halides is 3. The van der Waals surface area contributed by atoms with Crippen LogP contribution in [0, 0.1) is 23.3 Å². The van der Waals surface area contributed by atoms with Crippen LogP contribution in [0.5, 0.6) is 5.88 Å². The molecule has 0 bridgehead atoms. The van der Waals surface area contributed by atoms with Crippen LogP contribution >= 0.6 is 0 Å². The minimum atomic E-state index is -4.90. The van der Waals surface area contributed by atoms with Crippen LogP contribution in [0.15, 0.2) is 30.3 Å². The van der Waals surface area contributed by atoms with Gasteiger partial charge in [0.2, 0.25) is 5.88 Å². The van der Waals surface area contributed by atoms with Crippen molar-refractivity contribution in [2.75, 3.05) is 13.2 Å². The number of hydrogen-bond donors (Lipinski definition) is 1. The lowest BCUT2D eigenvalue weighted by molar-refractivity contribution is -0.139. The van der Waals surface area contributed by atoms with E-state index in [2.05, 4.69) is 9.97 Å². The summed E-state index contributed by atoms with van der Waals surface area (Å²) in [6.45, 7) is 1.87. The molecule has 0 saturated carbocycles. The third kappa shape index (κ3) is 5.81. The molecule has 2 aliphatic rings. The number of benzene rings is 2. The molecule has 0 aliphatic carbocycles. The molecule has 6 rings (SSSR count). The Balaban J connectivity index is 1.33. The molecule has 0 unspecified atom stereocenters. The number of carboxylic acids is 1. The number of ether oxygens (including phenoxy) is 2. The second-order valence-electron chi connectivity index (χ2n) is 10.9. The average Bonchev–Trinajstić information content (AvgIpc) is 3.28. The number of pyridine rings is 1. The summed E-state index contributed by atoms with van der Waals surface area (Å²) in [6, 6.07) is 3.62. The van der Waals surface area contributed by atoms with Gasteiger partial charge in [-0.3, -0.25) is 4.90 Å². The van der Waals surface area contributed by atoms with E-state index in [0.717, 1.165) is 12.1 Å². The van der Waals surface area contributed by atoms with Gasteiger partial charge in [-0.05, 0) is 43.5 Å². The van der Waals surface area contributed by atoms with Crippen molar-refractivity contribution in [2.45, 2.75) is 57.8 Å². The Bertz CT molecular complexity index is 1780. The lowest BCUT2D eigenvalue weighted by Crippen LogP contribution is -2.36. The molecule has 1 N–H and O–H groups in total. The molecule has 2 atom stereocenters. The highest BCUT2D eigenvalue weighted by atomic mass is 19.4. The van der Waals surface area contributed by atoms with Crippen LogP contribution in [0.2, 0.25) is 0 Å². The molecule has 1 fully saturated rings. The predicted molar refractivity (Wildman–Crippen MR) is 143 cm³/mol. The maximum atomic E-state index is 15.4. The van der Waals surface area contributed by atoms with Crippen LogP contribution in [-0.4, -0.2) is 49.8 Å². The highest BCUT2D eigenvalue weighted by molar-refractivity contribution is 5.93. The summed E-state index contributed by atoms with van der Waals surface area (Å²) in [5.41, 5.74) is -1.72. The summed E-state index contributed by atoms with van der Waals surface area (Å²) in [7, 11) is 0. The second kappa shape index (κ2) is 11.6. The number of carbonyl (C=O) groups is 1. The third-order valence-corrected chi connectivity index (χ3v) is 8.16. The van der Waals surface area contributed by atoms with Gasteiger partial charge >= 0.3 is 12.1 Å². The smallest absolute Gasteiger partial charge is 0.421 e. The van der Waals surface area contributed by atoms with E-state index in [0.29, 0.717) is 36.5 Å². The summed E-state index contributed by atoms with van der Waals surface area (Å²) in [4.78, 5) is 22.2. The van der Waals surface area contributed by atoms with Crippen LogP contribution < -0.4 is 4.74 Å². The lowest BCUT2D eigenvalue weighted by atomic mass is 9.97. The molecule has 4 aromatic rings. The summed E-state index contributed by atoms with van der Waals surface area (Å²) in [5.74, 6) is -6.70. The molecule has 0 radical (unpaired) electrons. The van der Waals surface area contributed by atoms with Gasteiger partial charge in [0.25, 0.3) is 0 Å². The molecule has 0 spiro atoms. The number of carboxylic acid groups (broad SMARTS) is 1. The Morgan fingerprint density at radius 1 is 1.11 bits per heavy atom. The summed E-state index contributed by atoms with van der Waals surface area (Å²) >= 11 is 0. The summed E-state index contributed by atoms with van der Waals surface area (Å²) < 4.78 is 111. The first kappa shape index (κ1) is 30.8. The lowest BCUT2D eigenvalue weighted by Gasteiger charge is -2.35. The van der Waals surface area contributed by atoms with Crippen LogP contribution in [-0.2, 0) is 37.0 Å². The molecule has 15 heteroatoms. The van der Waals surface area contributed by atoms with E-state index in [1.54, 1.807) is 11.5 Å². The van der Waals surface area contributed by atoms with Crippen molar-refractivity contribution < 1.29 is 50.1 Å². The molecule has 1 saturated heterocycles. The highest BCUT2D eigenvalue weighted by Crippen LogP contribution is 2.40. The zero-order chi connectivity index (χ0) is 32.2. The molecule has 238 valence electrons.